The Labute approximate surface area is 102 Å². The summed E-state index contributed by atoms with van der Waals surface area (Å²) >= 11 is 3.01. The van der Waals surface area contributed by atoms with Crippen LogP contribution in [0.2, 0.25) is 0 Å². The van der Waals surface area contributed by atoms with E-state index in [1.54, 1.807) is 0 Å². The topological polar surface area (TPSA) is 72.2 Å². The van der Waals surface area contributed by atoms with Crippen LogP contribution in [-0.2, 0) is 10.0 Å². The zero-order valence-electron chi connectivity index (χ0n) is 8.41. The second-order valence-corrected chi connectivity index (χ2v) is 5.65. The van der Waals surface area contributed by atoms with Crippen molar-refractivity contribution < 1.29 is 12.8 Å². The normalized spacial score (nSPS) is 11.7. The summed E-state index contributed by atoms with van der Waals surface area (Å²) in [6.07, 6.45) is 0.505. The van der Waals surface area contributed by atoms with Crippen LogP contribution in [-0.4, -0.2) is 21.5 Å². The highest BCUT2D eigenvalue weighted by molar-refractivity contribution is 9.10. The van der Waals surface area contributed by atoms with Gasteiger partial charge in [-0.15, -0.1) is 0 Å². The van der Waals surface area contributed by atoms with Gasteiger partial charge in [-0.1, -0.05) is 6.07 Å². The van der Waals surface area contributed by atoms with E-state index in [-0.39, 0.29) is 15.9 Å². The minimum atomic E-state index is -3.82. The summed E-state index contributed by atoms with van der Waals surface area (Å²) in [6.45, 7) is 0.570. The molecular formula is C9H12BrFN2O2S. The Hall–Kier alpha value is -0.500. The van der Waals surface area contributed by atoms with Crippen LogP contribution in [0.1, 0.15) is 6.42 Å². The van der Waals surface area contributed by atoms with Gasteiger partial charge in [0.15, 0.2) is 0 Å². The van der Waals surface area contributed by atoms with Crippen LogP contribution in [0.4, 0.5) is 4.39 Å². The van der Waals surface area contributed by atoms with Gasteiger partial charge < -0.3 is 5.73 Å². The molecule has 0 saturated heterocycles. The number of nitrogens with one attached hydrogen (secondary N) is 1. The van der Waals surface area contributed by atoms with Crippen molar-refractivity contribution in [1.82, 2.24) is 4.72 Å². The zero-order valence-corrected chi connectivity index (χ0v) is 10.8. The second-order valence-electron chi connectivity index (χ2n) is 3.09. The van der Waals surface area contributed by atoms with Crippen molar-refractivity contribution in [2.45, 2.75) is 11.3 Å². The first-order valence-corrected chi connectivity index (χ1v) is 6.90. The first-order valence-electron chi connectivity index (χ1n) is 4.63. The van der Waals surface area contributed by atoms with Crippen LogP contribution >= 0.6 is 15.9 Å². The smallest absolute Gasteiger partial charge is 0.244 e. The number of hydrogen-bond donors (Lipinski definition) is 2. The summed E-state index contributed by atoms with van der Waals surface area (Å²) in [4.78, 5) is -0.368. The summed E-state index contributed by atoms with van der Waals surface area (Å²) in [6, 6.07) is 4.00. The molecular weight excluding hydrogens is 299 g/mol. The van der Waals surface area contributed by atoms with E-state index < -0.39 is 15.8 Å². The minimum Gasteiger partial charge on any atom is -0.330 e. The molecule has 0 fully saturated rings. The molecule has 1 aromatic carbocycles. The molecule has 0 amide bonds. The van der Waals surface area contributed by atoms with Gasteiger partial charge in [0.05, 0.1) is 0 Å². The Balaban J connectivity index is 2.98. The minimum absolute atomic E-state index is 0.194. The fourth-order valence-corrected chi connectivity index (χ4v) is 3.31. The molecule has 1 aromatic rings. The van der Waals surface area contributed by atoms with Crippen molar-refractivity contribution in [3.63, 3.8) is 0 Å². The molecule has 0 heterocycles. The van der Waals surface area contributed by atoms with E-state index in [9.17, 15) is 12.8 Å². The Kier molecular flexibility index (Phi) is 4.85. The van der Waals surface area contributed by atoms with E-state index in [2.05, 4.69) is 20.7 Å². The molecule has 0 spiro atoms. The monoisotopic (exact) mass is 310 g/mol. The lowest BCUT2D eigenvalue weighted by Crippen LogP contribution is -2.27. The van der Waals surface area contributed by atoms with Gasteiger partial charge >= 0.3 is 0 Å². The van der Waals surface area contributed by atoms with Crippen LogP contribution in [0.3, 0.4) is 0 Å². The van der Waals surface area contributed by atoms with Crippen molar-refractivity contribution in [1.29, 1.82) is 0 Å². The molecule has 3 N–H and O–H groups in total. The molecule has 0 bridgehead atoms. The fourth-order valence-electron chi connectivity index (χ4n) is 1.12. The van der Waals surface area contributed by atoms with Gasteiger partial charge in [0, 0.05) is 11.0 Å². The number of hydrogen-bond acceptors (Lipinski definition) is 3. The SMILES string of the molecule is NCCCNS(=O)(=O)c1c(F)cccc1Br. The van der Waals surface area contributed by atoms with E-state index in [4.69, 9.17) is 5.73 Å². The highest BCUT2D eigenvalue weighted by atomic mass is 79.9. The predicted octanol–water partition coefficient (Wildman–Crippen LogP) is 1.22. The number of rotatable bonds is 5. The van der Waals surface area contributed by atoms with Gasteiger partial charge in [-0.25, -0.2) is 17.5 Å². The summed E-state index contributed by atoms with van der Waals surface area (Å²) < 4.78 is 39.3. The zero-order chi connectivity index (χ0) is 12.2. The lowest BCUT2D eigenvalue weighted by molar-refractivity contribution is 0.554. The standard InChI is InChI=1S/C9H12BrFN2O2S/c10-7-3-1-4-8(11)9(7)16(14,15)13-6-2-5-12/h1,3-4,13H,2,5-6,12H2. The highest BCUT2D eigenvalue weighted by Crippen LogP contribution is 2.24. The van der Waals surface area contributed by atoms with Crippen molar-refractivity contribution >= 4 is 26.0 Å². The number of nitrogens with two attached hydrogens (primary N) is 1. The third kappa shape index (κ3) is 3.24. The molecule has 16 heavy (non-hydrogen) atoms. The molecule has 0 atom stereocenters. The Morgan fingerprint density at radius 2 is 2.12 bits per heavy atom. The van der Waals surface area contributed by atoms with Gasteiger partial charge in [0.25, 0.3) is 0 Å². The van der Waals surface area contributed by atoms with E-state index >= 15 is 0 Å². The van der Waals surface area contributed by atoms with Gasteiger partial charge in [-0.05, 0) is 41.0 Å². The van der Waals surface area contributed by atoms with Crippen molar-refractivity contribution in [3.05, 3.63) is 28.5 Å². The fraction of sp³-hybridized carbons (Fsp3) is 0.333. The largest absolute Gasteiger partial charge is 0.330 e. The lowest BCUT2D eigenvalue weighted by atomic mass is 10.3. The third-order valence-electron chi connectivity index (χ3n) is 1.86. The lowest BCUT2D eigenvalue weighted by Gasteiger charge is -2.08. The second kappa shape index (κ2) is 5.72. The molecule has 1 rings (SSSR count). The average molecular weight is 311 g/mol. The van der Waals surface area contributed by atoms with E-state index in [1.807, 2.05) is 0 Å². The quantitative estimate of drug-likeness (QED) is 0.803. The first kappa shape index (κ1) is 13.6. The van der Waals surface area contributed by atoms with Gasteiger partial charge in [0.2, 0.25) is 10.0 Å². The molecule has 0 aliphatic rings. The Morgan fingerprint density at radius 1 is 1.44 bits per heavy atom. The van der Waals surface area contributed by atoms with Crippen LogP contribution in [0.25, 0.3) is 0 Å². The first-order chi connectivity index (χ1) is 7.49. The molecule has 4 nitrogen and oxygen atoms in total. The molecule has 90 valence electrons. The number of benzene rings is 1. The summed E-state index contributed by atoms with van der Waals surface area (Å²) in [5, 5.41) is 0. The van der Waals surface area contributed by atoms with Crippen molar-refractivity contribution in [3.8, 4) is 0 Å². The van der Waals surface area contributed by atoms with Crippen LogP contribution < -0.4 is 10.5 Å². The molecule has 0 unspecified atom stereocenters. The van der Waals surface area contributed by atoms with E-state index in [0.717, 1.165) is 6.07 Å². The molecule has 0 saturated carbocycles. The number of sulfonamides is 1. The van der Waals surface area contributed by atoms with Gasteiger partial charge in [0.1, 0.15) is 10.7 Å². The van der Waals surface area contributed by atoms with Crippen molar-refractivity contribution in [2.75, 3.05) is 13.1 Å². The highest BCUT2D eigenvalue weighted by Gasteiger charge is 2.21. The maximum atomic E-state index is 13.4. The molecule has 7 heteroatoms. The third-order valence-corrected chi connectivity index (χ3v) is 4.32. The van der Waals surface area contributed by atoms with Gasteiger partial charge in [-0.2, -0.15) is 0 Å². The molecule has 0 radical (unpaired) electrons. The summed E-state index contributed by atoms with van der Waals surface area (Å²) in [5.74, 6) is -0.783. The van der Waals surface area contributed by atoms with Gasteiger partial charge in [-0.3, -0.25) is 0 Å². The number of halogens is 2. The van der Waals surface area contributed by atoms with Crippen molar-refractivity contribution in [2.24, 2.45) is 5.73 Å². The maximum absolute atomic E-state index is 13.4. The molecule has 0 aromatic heterocycles. The summed E-state index contributed by atoms with van der Waals surface area (Å²) in [5.41, 5.74) is 5.24. The Bertz CT molecular complexity index is 444. The van der Waals surface area contributed by atoms with Crippen LogP contribution in [0.15, 0.2) is 27.6 Å². The molecule has 0 aliphatic carbocycles. The molecule has 0 aliphatic heterocycles. The maximum Gasteiger partial charge on any atom is 0.244 e. The summed E-state index contributed by atoms with van der Waals surface area (Å²) in [7, 11) is -3.82. The predicted molar refractivity (Wildman–Crippen MR) is 63.0 cm³/mol. The van der Waals surface area contributed by atoms with Crippen LogP contribution in [0, 0.1) is 5.82 Å². The van der Waals surface area contributed by atoms with Crippen LogP contribution in [0.5, 0.6) is 0 Å². The van der Waals surface area contributed by atoms with E-state index in [0.29, 0.717) is 13.0 Å². The average Bonchev–Trinajstić information content (AvgIpc) is 2.17. The van der Waals surface area contributed by atoms with E-state index in [1.165, 1.54) is 12.1 Å². The Morgan fingerprint density at radius 3 is 2.69 bits per heavy atom.